The fourth-order valence-electron chi connectivity index (χ4n) is 2.39. The maximum absolute atomic E-state index is 12.0. The lowest BCUT2D eigenvalue weighted by molar-refractivity contribution is 0.129. The number of aromatic nitrogens is 2. The fourth-order valence-corrected chi connectivity index (χ4v) is 2.39. The van der Waals surface area contributed by atoms with Gasteiger partial charge in [0, 0.05) is 6.54 Å². The number of hydrogen-bond acceptors (Lipinski definition) is 3. The molecule has 0 aliphatic carbocycles. The summed E-state index contributed by atoms with van der Waals surface area (Å²) < 4.78 is 1.59. The molecular formula is C15H22N4O2. The maximum Gasteiger partial charge on any atom is 0.333 e. The number of aliphatic hydroxyl groups excluding tert-OH is 1. The molecule has 0 bridgehead atoms. The van der Waals surface area contributed by atoms with Gasteiger partial charge < -0.3 is 10.4 Å². The van der Waals surface area contributed by atoms with Crippen LogP contribution in [0, 0.1) is 5.41 Å². The Morgan fingerprint density at radius 2 is 2.14 bits per heavy atom. The van der Waals surface area contributed by atoms with Gasteiger partial charge in [0.25, 0.3) is 0 Å². The van der Waals surface area contributed by atoms with Crippen LogP contribution in [0.4, 0.5) is 4.79 Å². The highest BCUT2D eigenvalue weighted by Gasteiger charge is 2.21. The van der Waals surface area contributed by atoms with E-state index in [0.717, 1.165) is 11.0 Å². The van der Waals surface area contributed by atoms with Crippen LogP contribution in [0.3, 0.4) is 0 Å². The fraction of sp³-hybridized carbons (Fsp3) is 0.467. The zero-order chi connectivity index (χ0) is 15.5. The Balaban J connectivity index is 1.93. The second-order valence-corrected chi connectivity index (χ2v) is 6.12. The average molecular weight is 290 g/mol. The number of benzene rings is 1. The largest absolute Gasteiger partial charge is 0.393 e. The van der Waals surface area contributed by atoms with Gasteiger partial charge in [-0.25, -0.2) is 19.9 Å². The van der Waals surface area contributed by atoms with Gasteiger partial charge in [-0.15, -0.1) is 0 Å². The average Bonchev–Trinajstić information content (AvgIpc) is 2.79. The van der Waals surface area contributed by atoms with Crippen molar-refractivity contribution in [1.82, 2.24) is 15.0 Å². The summed E-state index contributed by atoms with van der Waals surface area (Å²) in [6.45, 7) is 6.25. The summed E-state index contributed by atoms with van der Waals surface area (Å²) in [5, 5.41) is 12.3. The molecule has 0 saturated carbocycles. The van der Waals surface area contributed by atoms with Crippen LogP contribution in [0.1, 0.15) is 27.2 Å². The lowest BCUT2D eigenvalue weighted by Gasteiger charge is -2.26. The predicted molar refractivity (Wildman–Crippen MR) is 82.6 cm³/mol. The third-order valence-corrected chi connectivity index (χ3v) is 3.25. The first-order chi connectivity index (χ1) is 9.87. The number of nitrogens with zero attached hydrogens (tertiary/aromatic N) is 2. The highest BCUT2D eigenvalue weighted by atomic mass is 16.3. The van der Waals surface area contributed by atoms with Crippen molar-refractivity contribution >= 4 is 17.1 Å². The molecule has 114 valence electrons. The number of aliphatic hydroxyl groups is 1. The molecule has 0 aliphatic heterocycles. The quantitative estimate of drug-likeness (QED) is 0.789. The standard InChI is InChI=1S/C15H22N4O2/c1-11(20)8-15(2,3)9-16-14(21)18-19-10-17-12-6-4-5-7-13(12)19/h4-7,10-11,20H,8-9H2,1-3H3,(H2,16,18,21). The third kappa shape index (κ3) is 4.19. The summed E-state index contributed by atoms with van der Waals surface area (Å²) in [6, 6.07) is 7.28. The van der Waals surface area contributed by atoms with Crippen LogP contribution >= 0.6 is 0 Å². The Hall–Kier alpha value is -2.08. The number of carbonyl (C=O) groups excluding carboxylic acids is 1. The Bertz CT molecular complexity index is 619. The number of hydrogen-bond donors (Lipinski definition) is 3. The van der Waals surface area contributed by atoms with Crippen LogP contribution in [0.25, 0.3) is 11.0 Å². The van der Waals surface area contributed by atoms with E-state index < -0.39 is 0 Å². The summed E-state index contributed by atoms with van der Waals surface area (Å²) in [4.78, 5) is 16.2. The van der Waals surface area contributed by atoms with Crippen LogP contribution in [0.5, 0.6) is 0 Å². The second-order valence-electron chi connectivity index (χ2n) is 6.12. The van der Waals surface area contributed by atoms with Crippen molar-refractivity contribution in [2.24, 2.45) is 5.41 Å². The van der Waals surface area contributed by atoms with E-state index in [9.17, 15) is 9.90 Å². The molecule has 2 rings (SSSR count). The van der Waals surface area contributed by atoms with Crippen molar-refractivity contribution in [2.45, 2.75) is 33.3 Å². The number of amides is 2. The van der Waals surface area contributed by atoms with E-state index in [2.05, 4.69) is 15.7 Å². The Labute approximate surface area is 124 Å². The van der Waals surface area contributed by atoms with E-state index in [-0.39, 0.29) is 17.6 Å². The van der Waals surface area contributed by atoms with Gasteiger partial charge in [-0.2, -0.15) is 0 Å². The molecule has 2 aromatic rings. The van der Waals surface area contributed by atoms with Crippen molar-refractivity contribution in [2.75, 3.05) is 12.0 Å². The molecule has 21 heavy (non-hydrogen) atoms. The van der Waals surface area contributed by atoms with Crippen molar-refractivity contribution in [3.63, 3.8) is 0 Å². The van der Waals surface area contributed by atoms with E-state index in [1.807, 2.05) is 38.1 Å². The molecule has 0 fully saturated rings. The number of imidazole rings is 1. The lowest BCUT2D eigenvalue weighted by atomic mass is 9.87. The zero-order valence-corrected chi connectivity index (χ0v) is 12.6. The van der Waals surface area contributed by atoms with Gasteiger partial charge in [-0.05, 0) is 30.9 Å². The van der Waals surface area contributed by atoms with E-state index in [1.165, 1.54) is 0 Å². The molecule has 0 radical (unpaired) electrons. The smallest absolute Gasteiger partial charge is 0.333 e. The van der Waals surface area contributed by atoms with Gasteiger partial charge in [0.1, 0.15) is 6.33 Å². The molecule has 1 aromatic carbocycles. The third-order valence-electron chi connectivity index (χ3n) is 3.25. The Kier molecular flexibility index (Phi) is 4.47. The molecule has 0 saturated heterocycles. The monoisotopic (exact) mass is 290 g/mol. The summed E-state index contributed by atoms with van der Waals surface area (Å²) in [5.41, 5.74) is 4.24. The van der Waals surface area contributed by atoms with Crippen LogP contribution in [-0.4, -0.2) is 33.4 Å². The van der Waals surface area contributed by atoms with Gasteiger partial charge >= 0.3 is 6.03 Å². The van der Waals surface area contributed by atoms with Crippen molar-refractivity contribution in [3.05, 3.63) is 30.6 Å². The molecule has 2 amide bonds. The predicted octanol–water partition coefficient (Wildman–Crippen LogP) is 2.09. The normalized spacial score (nSPS) is 13.1. The number of fused-ring (bicyclic) bond motifs is 1. The molecule has 3 N–H and O–H groups in total. The minimum Gasteiger partial charge on any atom is -0.393 e. The number of rotatable bonds is 5. The summed E-state index contributed by atoms with van der Waals surface area (Å²) >= 11 is 0. The minimum absolute atomic E-state index is 0.164. The molecule has 0 spiro atoms. The highest BCUT2D eigenvalue weighted by Crippen LogP contribution is 2.21. The molecule has 6 heteroatoms. The second kappa shape index (κ2) is 6.13. The highest BCUT2D eigenvalue weighted by molar-refractivity contribution is 5.85. The molecule has 1 unspecified atom stereocenters. The summed E-state index contributed by atoms with van der Waals surface area (Å²) in [6.07, 6.45) is 1.81. The topological polar surface area (TPSA) is 79.2 Å². The summed E-state index contributed by atoms with van der Waals surface area (Å²) in [5.74, 6) is 0. The zero-order valence-electron chi connectivity index (χ0n) is 12.6. The molecular weight excluding hydrogens is 268 g/mol. The van der Waals surface area contributed by atoms with Crippen molar-refractivity contribution in [1.29, 1.82) is 0 Å². The van der Waals surface area contributed by atoms with Gasteiger partial charge in [0.05, 0.1) is 17.1 Å². The SMILES string of the molecule is CC(O)CC(C)(C)CNC(=O)Nn1cnc2ccccc21. The molecule has 0 aliphatic rings. The molecule has 1 atom stereocenters. The van der Waals surface area contributed by atoms with E-state index in [1.54, 1.807) is 17.9 Å². The number of urea groups is 1. The number of carbonyl (C=O) groups is 1. The lowest BCUT2D eigenvalue weighted by Crippen LogP contribution is -2.40. The first-order valence-corrected chi connectivity index (χ1v) is 7.02. The van der Waals surface area contributed by atoms with E-state index in [4.69, 9.17) is 0 Å². The van der Waals surface area contributed by atoms with Crippen LogP contribution in [-0.2, 0) is 0 Å². The van der Waals surface area contributed by atoms with Crippen LogP contribution in [0.15, 0.2) is 30.6 Å². The van der Waals surface area contributed by atoms with Gasteiger partial charge in [-0.1, -0.05) is 26.0 Å². The van der Waals surface area contributed by atoms with Gasteiger partial charge in [-0.3, -0.25) is 0 Å². The Morgan fingerprint density at radius 3 is 2.86 bits per heavy atom. The molecule has 6 nitrogen and oxygen atoms in total. The van der Waals surface area contributed by atoms with Crippen LogP contribution in [0.2, 0.25) is 0 Å². The van der Waals surface area contributed by atoms with Gasteiger partial charge in [0.2, 0.25) is 0 Å². The summed E-state index contributed by atoms with van der Waals surface area (Å²) in [7, 11) is 0. The van der Waals surface area contributed by atoms with Crippen molar-refractivity contribution < 1.29 is 9.90 Å². The van der Waals surface area contributed by atoms with Crippen LogP contribution < -0.4 is 10.7 Å². The van der Waals surface area contributed by atoms with Crippen molar-refractivity contribution in [3.8, 4) is 0 Å². The van der Waals surface area contributed by atoms with Gasteiger partial charge in [0.15, 0.2) is 0 Å². The number of nitrogens with one attached hydrogen (secondary N) is 2. The first-order valence-electron chi connectivity index (χ1n) is 7.02. The first kappa shape index (κ1) is 15.3. The number of para-hydroxylation sites is 2. The molecule has 1 heterocycles. The molecule has 1 aromatic heterocycles. The van der Waals surface area contributed by atoms with E-state index in [0.29, 0.717) is 13.0 Å². The minimum atomic E-state index is -0.387. The maximum atomic E-state index is 12.0. The Morgan fingerprint density at radius 1 is 1.43 bits per heavy atom. The van der Waals surface area contributed by atoms with E-state index >= 15 is 0 Å².